The van der Waals surface area contributed by atoms with Crippen molar-refractivity contribution in [3.63, 3.8) is 0 Å². The molecule has 0 aliphatic heterocycles. The quantitative estimate of drug-likeness (QED) is 0.348. The molecule has 43 valence electrons. The molecule has 0 aromatic carbocycles. The van der Waals surface area contributed by atoms with Crippen LogP contribution in [0.15, 0.2) is 0 Å². The van der Waals surface area contributed by atoms with Crippen LogP contribution in [-0.4, -0.2) is 14.7 Å². The molecule has 0 aromatic heterocycles. The molecular formula is H3NbO5P. The van der Waals surface area contributed by atoms with Gasteiger partial charge in [0.05, 0.1) is 0 Å². The summed E-state index contributed by atoms with van der Waals surface area (Å²) in [5, 5.41) is 0. The minimum atomic E-state index is -4.64. The van der Waals surface area contributed by atoms with Gasteiger partial charge in [-0.2, -0.15) is 0 Å². The Morgan fingerprint density at radius 2 is 1.14 bits per heavy atom. The van der Waals surface area contributed by atoms with E-state index in [1.54, 1.807) is 0 Å². The average molecular weight is 207 g/mol. The zero-order chi connectivity index (χ0) is 6.50. The Kier molecular flexibility index (Phi) is 7.27. The van der Waals surface area contributed by atoms with Crippen LogP contribution >= 0.6 is 7.82 Å². The molecule has 7 heavy (non-hydrogen) atoms. The van der Waals surface area contributed by atoms with Crippen LogP contribution in [0.4, 0.5) is 0 Å². The van der Waals surface area contributed by atoms with Gasteiger partial charge in [-0.3, -0.25) is 0 Å². The molecule has 3 N–H and O–H groups in total. The fourth-order valence-corrected chi connectivity index (χ4v) is 0. The molecule has 0 radical (unpaired) electrons. The van der Waals surface area contributed by atoms with Crippen LogP contribution in [0.1, 0.15) is 0 Å². The maximum atomic E-state index is 8.88. The third-order valence-electron chi connectivity index (χ3n) is 0. The Labute approximate surface area is 51.9 Å². The standard InChI is InChI=1S/Nb.H3O4P.O/c;1-5(2,3)4;/h;(H3,1,2,3,4);. The van der Waals surface area contributed by atoms with E-state index >= 15 is 0 Å². The van der Waals surface area contributed by atoms with Crippen molar-refractivity contribution in [1.29, 1.82) is 0 Å². The summed E-state index contributed by atoms with van der Waals surface area (Å²) in [6.45, 7) is 0. The van der Waals surface area contributed by atoms with Gasteiger partial charge >= 0.3 is 32.1 Å². The predicted octanol–water partition coefficient (Wildman–Crippen LogP) is -1.05. The number of rotatable bonds is 0. The molecule has 0 heterocycles. The second kappa shape index (κ2) is 4.80. The monoisotopic (exact) mass is 207 g/mol. The Hall–Kier alpha value is 0.650. The van der Waals surface area contributed by atoms with Crippen LogP contribution in [-0.2, 0) is 28.9 Å². The fourth-order valence-electron chi connectivity index (χ4n) is 0. The van der Waals surface area contributed by atoms with Crippen molar-refractivity contribution in [3.05, 3.63) is 0 Å². The van der Waals surface area contributed by atoms with E-state index in [-0.39, 0.29) is 0 Å². The van der Waals surface area contributed by atoms with Gasteiger partial charge in [0.25, 0.3) is 0 Å². The zero-order valence-electron chi connectivity index (χ0n) is 3.05. The van der Waals surface area contributed by atoms with Crippen LogP contribution in [0.5, 0.6) is 0 Å². The summed E-state index contributed by atoms with van der Waals surface area (Å²) in [5.74, 6) is 0. The summed E-state index contributed by atoms with van der Waals surface area (Å²) in [6, 6.07) is 0. The van der Waals surface area contributed by atoms with E-state index in [0.717, 1.165) is 0 Å². The molecule has 7 heteroatoms. The number of hydrogen-bond acceptors (Lipinski definition) is 2. The molecule has 0 unspecified atom stereocenters. The SMILES string of the molecule is O=P(O)(O)O.[O]=[Nb]. The van der Waals surface area contributed by atoms with E-state index in [4.69, 9.17) is 22.5 Å². The molecule has 0 spiro atoms. The molecule has 0 aromatic rings. The van der Waals surface area contributed by atoms with Gasteiger partial charge in [-0.15, -0.1) is 0 Å². The Morgan fingerprint density at radius 1 is 1.14 bits per heavy atom. The predicted molar refractivity (Wildman–Crippen MR) is 14.9 cm³/mol. The second-order valence-electron chi connectivity index (χ2n) is 0.513. The molecular weight excluding hydrogens is 204 g/mol. The van der Waals surface area contributed by atoms with Crippen molar-refractivity contribution in [2.75, 3.05) is 0 Å². The van der Waals surface area contributed by atoms with E-state index < -0.39 is 7.82 Å². The van der Waals surface area contributed by atoms with Crippen molar-refractivity contribution >= 4 is 7.82 Å². The molecule has 0 atom stereocenters. The van der Waals surface area contributed by atoms with Crippen LogP contribution in [0, 0.1) is 0 Å². The van der Waals surface area contributed by atoms with E-state index in [0.29, 0.717) is 21.0 Å². The van der Waals surface area contributed by atoms with Crippen LogP contribution in [0.25, 0.3) is 0 Å². The topological polar surface area (TPSA) is 94.8 Å². The second-order valence-corrected chi connectivity index (χ2v) is 1.54. The Morgan fingerprint density at radius 3 is 1.14 bits per heavy atom. The Balaban J connectivity index is 0. The van der Waals surface area contributed by atoms with Crippen molar-refractivity contribution in [2.24, 2.45) is 0 Å². The summed E-state index contributed by atoms with van der Waals surface area (Å²) in [4.78, 5) is 21.6. The molecule has 0 aliphatic carbocycles. The normalized spacial score (nSPS) is 8.86. The van der Waals surface area contributed by atoms with Gasteiger partial charge in [0.2, 0.25) is 0 Å². The molecule has 0 saturated heterocycles. The van der Waals surface area contributed by atoms with Gasteiger partial charge in [0.15, 0.2) is 0 Å². The van der Waals surface area contributed by atoms with Crippen molar-refractivity contribution in [3.8, 4) is 0 Å². The van der Waals surface area contributed by atoms with Crippen LogP contribution in [0.3, 0.4) is 0 Å². The van der Waals surface area contributed by atoms with Crippen molar-refractivity contribution in [2.45, 2.75) is 0 Å². The maximum absolute atomic E-state index is 8.88. The van der Waals surface area contributed by atoms with Gasteiger partial charge in [-0.25, -0.2) is 4.57 Å². The van der Waals surface area contributed by atoms with Crippen LogP contribution < -0.4 is 0 Å². The molecule has 0 amide bonds. The zero-order valence-corrected chi connectivity index (χ0v) is 6.15. The van der Waals surface area contributed by atoms with E-state index in [9.17, 15) is 0 Å². The number of phosphoric acid groups is 1. The first kappa shape index (κ1) is 10.6. The minimum absolute atomic E-state index is 0.500. The van der Waals surface area contributed by atoms with Crippen molar-refractivity contribution in [1.82, 2.24) is 0 Å². The summed E-state index contributed by atoms with van der Waals surface area (Å²) in [7, 11) is -4.64. The van der Waals surface area contributed by atoms with Gasteiger partial charge < -0.3 is 14.7 Å². The first-order valence-corrected chi connectivity index (χ1v) is 3.43. The summed E-state index contributed by atoms with van der Waals surface area (Å²) in [6.07, 6.45) is 0. The third kappa shape index (κ3) is 340. The van der Waals surface area contributed by atoms with E-state index in [2.05, 4.69) is 0 Å². The Bertz CT molecular complexity index is 63.9. The fraction of sp³-hybridized carbons (Fsp3) is 0. The number of hydrogen-bond donors (Lipinski definition) is 3. The average Bonchev–Trinajstić information content (AvgIpc) is 1.36. The summed E-state index contributed by atoms with van der Waals surface area (Å²) >= 11 is 0.500. The summed E-state index contributed by atoms with van der Waals surface area (Å²) in [5.41, 5.74) is 0. The third-order valence-corrected chi connectivity index (χ3v) is 0. The summed E-state index contributed by atoms with van der Waals surface area (Å²) < 4.78 is 17.2. The van der Waals surface area contributed by atoms with Gasteiger partial charge in [0.1, 0.15) is 0 Å². The van der Waals surface area contributed by atoms with E-state index in [1.165, 1.54) is 0 Å². The molecule has 0 aliphatic rings. The van der Waals surface area contributed by atoms with Gasteiger partial charge in [-0.05, 0) is 0 Å². The van der Waals surface area contributed by atoms with Crippen LogP contribution in [0.2, 0.25) is 0 Å². The van der Waals surface area contributed by atoms with Crippen molar-refractivity contribution < 1.29 is 43.5 Å². The molecule has 5 nitrogen and oxygen atoms in total. The van der Waals surface area contributed by atoms with Gasteiger partial charge in [0, 0.05) is 0 Å². The van der Waals surface area contributed by atoms with Gasteiger partial charge in [-0.1, -0.05) is 0 Å². The van der Waals surface area contributed by atoms with E-state index in [1.807, 2.05) is 0 Å². The molecule has 0 bridgehead atoms. The first-order chi connectivity index (χ1) is 3.00. The molecule has 0 rings (SSSR count). The first-order valence-electron chi connectivity index (χ1n) is 0.965. The molecule has 0 fully saturated rings. The molecule has 0 saturated carbocycles.